The minimum Gasteiger partial charge on any atom is -0.481 e. The van der Waals surface area contributed by atoms with E-state index in [9.17, 15) is 9.59 Å². The van der Waals surface area contributed by atoms with Crippen LogP contribution in [-0.4, -0.2) is 22.9 Å². The molecule has 68 valence electrons. The Balaban J connectivity index is 2.34. The molecule has 1 aliphatic carbocycles. The van der Waals surface area contributed by atoms with Gasteiger partial charge in [0.25, 0.3) is 0 Å². The molecule has 1 aliphatic rings. The maximum atomic E-state index is 11.3. The molecular weight excluding hydrogens is 158 g/mol. The lowest BCUT2D eigenvalue weighted by Crippen LogP contribution is -2.39. The highest BCUT2D eigenvalue weighted by molar-refractivity contribution is 5.89. The van der Waals surface area contributed by atoms with Crippen molar-refractivity contribution in [1.82, 2.24) is 0 Å². The Labute approximate surface area is 70.7 Å². The summed E-state index contributed by atoms with van der Waals surface area (Å²) in [5.74, 6) is -1.04. The number of aliphatic carboxylic acids is 1. The molecule has 1 rings (SSSR count). The van der Waals surface area contributed by atoms with Crippen molar-refractivity contribution in [1.29, 1.82) is 0 Å². The first-order chi connectivity index (χ1) is 5.61. The van der Waals surface area contributed by atoms with Gasteiger partial charge in [-0.1, -0.05) is 6.42 Å². The first-order valence-corrected chi connectivity index (χ1v) is 4.12. The van der Waals surface area contributed by atoms with Crippen LogP contribution in [0.2, 0.25) is 0 Å². The summed E-state index contributed by atoms with van der Waals surface area (Å²) < 4.78 is 0. The molecule has 4 nitrogen and oxygen atoms in total. The fourth-order valence-corrected chi connectivity index (χ4v) is 1.28. The molecule has 0 aromatic rings. The molecule has 1 saturated carbocycles. The van der Waals surface area contributed by atoms with Crippen molar-refractivity contribution in [3.63, 3.8) is 0 Å². The van der Waals surface area contributed by atoms with Gasteiger partial charge in [-0.3, -0.25) is 9.59 Å². The van der Waals surface area contributed by atoms with E-state index in [0.29, 0.717) is 0 Å². The molecule has 0 amide bonds. The molecule has 3 N–H and O–H groups in total. The second-order valence-electron chi connectivity index (χ2n) is 3.23. The zero-order valence-corrected chi connectivity index (χ0v) is 6.82. The van der Waals surface area contributed by atoms with E-state index in [1.165, 1.54) is 0 Å². The van der Waals surface area contributed by atoms with Crippen LogP contribution in [0.4, 0.5) is 0 Å². The van der Waals surface area contributed by atoms with Crippen LogP contribution < -0.4 is 5.73 Å². The summed E-state index contributed by atoms with van der Waals surface area (Å²) >= 11 is 0. The number of rotatable bonds is 4. The van der Waals surface area contributed by atoms with Gasteiger partial charge in [0.1, 0.15) is 0 Å². The lowest BCUT2D eigenvalue weighted by Gasteiger charge is -2.25. The Bertz CT molecular complexity index is 198. The first-order valence-electron chi connectivity index (χ1n) is 4.12. The quantitative estimate of drug-likeness (QED) is 0.631. The fraction of sp³-hybridized carbons (Fsp3) is 0.750. The van der Waals surface area contributed by atoms with Crippen molar-refractivity contribution in [3.8, 4) is 0 Å². The third kappa shape index (κ3) is 2.04. The minimum absolute atomic E-state index is 0.0411. The third-order valence-electron chi connectivity index (χ3n) is 2.27. The van der Waals surface area contributed by atoms with E-state index in [1.807, 2.05) is 0 Å². The summed E-state index contributed by atoms with van der Waals surface area (Å²) in [6.07, 6.45) is 2.59. The van der Waals surface area contributed by atoms with Gasteiger partial charge < -0.3 is 10.8 Å². The first kappa shape index (κ1) is 9.19. The van der Waals surface area contributed by atoms with Gasteiger partial charge in [-0.25, -0.2) is 0 Å². The Hall–Kier alpha value is -0.900. The highest BCUT2D eigenvalue weighted by Gasteiger charge is 2.29. The molecule has 0 spiro atoms. The van der Waals surface area contributed by atoms with Crippen molar-refractivity contribution in [2.45, 2.75) is 31.7 Å². The summed E-state index contributed by atoms with van der Waals surface area (Å²) in [6.45, 7) is 0. The smallest absolute Gasteiger partial charge is 0.305 e. The highest BCUT2D eigenvalue weighted by Crippen LogP contribution is 2.28. The van der Waals surface area contributed by atoms with Crippen molar-refractivity contribution in [3.05, 3.63) is 0 Å². The van der Waals surface area contributed by atoms with Crippen LogP contribution in [0.3, 0.4) is 0 Å². The Morgan fingerprint density at radius 3 is 2.42 bits per heavy atom. The van der Waals surface area contributed by atoms with Gasteiger partial charge in [0.15, 0.2) is 5.78 Å². The Morgan fingerprint density at radius 2 is 2.08 bits per heavy atom. The Kier molecular flexibility index (Phi) is 2.81. The van der Waals surface area contributed by atoms with Crippen molar-refractivity contribution in [2.75, 3.05) is 0 Å². The fourth-order valence-electron chi connectivity index (χ4n) is 1.28. The van der Waals surface area contributed by atoms with Gasteiger partial charge in [0, 0.05) is 5.92 Å². The number of carbonyl (C=O) groups is 2. The third-order valence-corrected chi connectivity index (χ3v) is 2.27. The van der Waals surface area contributed by atoms with Crippen LogP contribution in [0.25, 0.3) is 0 Å². The van der Waals surface area contributed by atoms with E-state index in [1.54, 1.807) is 0 Å². The molecule has 1 fully saturated rings. The second-order valence-corrected chi connectivity index (χ2v) is 3.23. The summed E-state index contributed by atoms with van der Waals surface area (Å²) in [7, 11) is 0. The van der Waals surface area contributed by atoms with Gasteiger partial charge >= 0.3 is 5.97 Å². The van der Waals surface area contributed by atoms with Gasteiger partial charge in [0.2, 0.25) is 0 Å². The topological polar surface area (TPSA) is 80.4 Å². The molecule has 0 aliphatic heterocycles. The summed E-state index contributed by atoms with van der Waals surface area (Å²) in [4.78, 5) is 21.5. The molecular formula is C8H13NO3. The molecule has 0 aromatic heterocycles. The molecule has 0 radical (unpaired) electrons. The summed E-state index contributed by atoms with van der Waals surface area (Å²) in [5.41, 5.74) is 5.40. The van der Waals surface area contributed by atoms with E-state index < -0.39 is 12.0 Å². The van der Waals surface area contributed by atoms with Gasteiger partial charge in [-0.15, -0.1) is 0 Å². The molecule has 0 unspecified atom stereocenters. The van der Waals surface area contributed by atoms with Crippen LogP contribution in [-0.2, 0) is 9.59 Å². The number of Topliss-reactive ketones (excluding diaryl/α,β-unsaturated/α-hetero) is 1. The van der Waals surface area contributed by atoms with E-state index in [4.69, 9.17) is 10.8 Å². The van der Waals surface area contributed by atoms with Crippen LogP contribution in [0.5, 0.6) is 0 Å². The minimum atomic E-state index is -1.00. The molecule has 4 heteroatoms. The zero-order valence-electron chi connectivity index (χ0n) is 6.82. The second kappa shape index (κ2) is 3.67. The van der Waals surface area contributed by atoms with Crippen molar-refractivity contribution in [2.24, 2.45) is 11.7 Å². The standard InChI is InChI=1S/C8H13NO3/c9-6(4-7(10)11)8(12)5-2-1-3-5/h5-6H,1-4,9H2,(H,10,11)/t6-/m0/s1. The number of ketones is 1. The number of hydrogen-bond donors (Lipinski definition) is 2. The summed E-state index contributed by atoms with van der Waals surface area (Å²) in [6, 6.07) is -0.798. The SMILES string of the molecule is N[C@@H](CC(=O)O)C(=O)C1CCC1. The monoisotopic (exact) mass is 171 g/mol. The zero-order chi connectivity index (χ0) is 9.14. The molecule has 0 bridgehead atoms. The number of hydrogen-bond acceptors (Lipinski definition) is 3. The number of carbonyl (C=O) groups excluding carboxylic acids is 1. The average Bonchev–Trinajstić information content (AvgIpc) is 1.81. The Morgan fingerprint density at radius 1 is 1.50 bits per heavy atom. The lowest BCUT2D eigenvalue weighted by molar-refractivity contribution is -0.140. The molecule has 0 saturated heterocycles. The number of carboxylic acids is 1. The maximum Gasteiger partial charge on any atom is 0.305 e. The van der Waals surface area contributed by atoms with Crippen LogP contribution in [0.1, 0.15) is 25.7 Å². The van der Waals surface area contributed by atoms with Gasteiger partial charge in [-0.05, 0) is 12.8 Å². The summed E-state index contributed by atoms with van der Waals surface area (Å²) in [5, 5.41) is 8.37. The normalized spacial score (nSPS) is 19.8. The number of carboxylic acid groups (broad SMARTS) is 1. The van der Waals surface area contributed by atoms with Gasteiger partial charge in [0.05, 0.1) is 12.5 Å². The van der Waals surface area contributed by atoms with E-state index in [0.717, 1.165) is 19.3 Å². The number of nitrogens with two attached hydrogens (primary N) is 1. The molecule has 0 aromatic carbocycles. The highest BCUT2D eigenvalue weighted by atomic mass is 16.4. The van der Waals surface area contributed by atoms with Crippen LogP contribution >= 0.6 is 0 Å². The molecule has 0 heterocycles. The van der Waals surface area contributed by atoms with Crippen molar-refractivity contribution >= 4 is 11.8 Å². The predicted octanol–water partition coefficient (Wildman–Crippen LogP) is 0.158. The predicted molar refractivity (Wildman–Crippen MR) is 42.6 cm³/mol. The average molecular weight is 171 g/mol. The lowest BCUT2D eigenvalue weighted by atomic mass is 9.79. The molecule has 12 heavy (non-hydrogen) atoms. The van der Waals surface area contributed by atoms with Gasteiger partial charge in [-0.2, -0.15) is 0 Å². The molecule has 1 atom stereocenters. The van der Waals surface area contributed by atoms with Crippen LogP contribution in [0, 0.1) is 5.92 Å². The maximum absolute atomic E-state index is 11.3. The van der Waals surface area contributed by atoms with E-state index in [2.05, 4.69) is 0 Å². The van der Waals surface area contributed by atoms with E-state index >= 15 is 0 Å². The largest absolute Gasteiger partial charge is 0.481 e. The van der Waals surface area contributed by atoms with E-state index in [-0.39, 0.29) is 18.1 Å². The van der Waals surface area contributed by atoms with Crippen LogP contribution in [0.15, 0.2) is 0 Å². The van der Waals surface area contributed by atoms with Crippen molar-refractivity contribution < 1.29 is 14.7 Å².